The number of ether oxygens (including phenoxy) is 4. The maximum absolute atomic E-state index is 5.75. The second-order valence-corrected chi connectivity index (χ2v) is 17.0. The van der Waals surface area contributed by atoms with Crippen molar-refractivity contribution in [1.82, 2.24) is 19.9 Å². The summed E-state index contributed by atoms with van der Waals surface area (Å²) in [7, 11) is 6.86. The smallest absolute Gasteiger partial charge is 0.119 e. The number of rotatable bonds is 8. The number of aromatic nitrogens is 4. The van der Waals surface area contributed by atoms with E-state index in [1.165, 1.54) is 0 Å². The summed E-state index contributed by atoms with van der Waals surface area (Å²) in [5.74, 6) is 3.26. The van der Waals surface area contributed by atoms with Gasteiger partial charge >= 0.3 is 0 Å². The lowest BCUT2D eigenvalue weighted by Gasteiger charge is -2.15. The van der Waals surface area contributed by atoms with Crippen molar-refractivity contribution in [1.29, 1.82) is 0 Å². The molecule has 0 amide bonds. The third kappa shape index (κ3) is 7.13. The first-order valence-electron chi connectivity index (χ1n) is 21.6. The van der Waals surface area contributed by atoms with Crippen LogP contribution in [0.4, 0.5) is 0 Å². The van der Waals surface area contributed by atoms with E-state index in [2.05, 4.69) is 162 Å². The highest BCUT2D eigenvalue weighted by atomic mass is 16.5. The summed E-state index contributed by atoms with van der Waals surface area (Å²) >= 11 is 0. The van der Waals surface area contributed by atoms with Gasteiger partial charge in [0.2, 0.25) is 0 Å². The van der Waals surface area contributed by atoms with E-state index >= 15 is 0 Å². The summed E-state index contributed by atoms with van der Waals surface area (Å²) in [4.78, 5) is 19.1. The summed E-state index contributed by atoms with van der Waals surface area (Å²) < 4.78 is 23.0. The summed E-state index contributed by atoms with van der Waals surface area (Å²) in [5, 5.41) is 0. The van der Waals surface area contributed by atoms with Crippen LogP contribution in [0.25, 0.3) is 90.9 Å². The topological polar surface area (TPSA) is 94.3 Å². The molecule has 64 heavy (non-hydrogen) atoms. The average Bonchev–Trinajstić information content (AvgIpc) is 4.11. The minimum Gasteiger partial charge on any atom is -0.497 e. The quantitative estimate of drug-likeness (QED) is 0.158. The van der Waals surface area contributed by atoms with Crippen LogP contribution in [0.15, 0.2) is 72.8 Å². The summed E-state index contributed by atoms with van der Waals surface area (Å²) in [6.45, 7) is 17.1. The van der Waals surface area contributed by atoms with Crippen LogP contribution in [0, 0.1) is 55.4 Å². The average molecular weight is 847 g/mol. The van der Waals surface area contributed by atoms with Gasteiger partial charge in [-0.1, -0.05) is 0 Å². The monoisotopic (exact) mass is 846 g/mol. The molecule has 5 heterocycles. The van der Waals surface area contributed by atoms with Gasteiger partial charge in [-0.15, -0.1) is 0 Å². The van der Waals surface area contributed by atoms with Crippen LogP contribution >= 0.6 is 0 Å². The molecule has 0 saturated heterocycles. The molecular weight excluding hydrogens is 793 g/mol. The number of aryl methyl sites for hydroxylation is 8. The molecule has 2 aliphatic rings. The van der Waals surface area contributed by atoms with Crippen LogP contribution in [0.2, 0.25) is 0 Å². The molecule has 0 unspecified atom stereocenters. The molecule has 8 heteroatoms. The first-order valence-corrected chi connectivity index (χ1v) is 21.6. The summed E-state index contributed by atoms with van der Waals surface area (Å²) in [6, 6.07) is 25.5. The first kappa shape index (κ1) is 42.0. The number of nitrogens with zero attached hydrogens (tertiary/aromatic N) is 2. The van der Waals surface area contributed by atoms with Crippen molar-refractivity contribution < 1.29 is 18.9 Å². The highest BCUT2D eigenvalue weighted by Crippen LogP contribution is 2.44. The van der Waals surface area contributed by atoms with Crippen molar-refractivity contribution in [2.45, 2.75) is 55.4 Å². The Morgan fingerprint density at radius 1 is 0.297 bits per heavy atom. The van der Waals surface area contributed by atoms with Gasteiger partial charge in [-0.05, 0) is 219 Å². The normalized spacial score (nSPS) is 11.9. The van der Waals surface area contributed by atoms with Crippen LogP contribution in [-0.4, -0.2) is 48.4 Å². The van der Waals surface area contributed by atoms with Crippen LogP contribution in [0.3, 0.4) is 0 Å². The molecule has 7 aromatic rings. The standard InChI is InChI=1S/C56H54N4O4/c1-29-21-37(61-9)22-30(2)49(29)53-41-13-15-43(57-41)54(50-31(3)23-38(62-10)24-32(50)4)45-17-19-47(59-45)56(52-35(7)27-40(64-12)28-36(52)8)48-20-18-46(60-48)55(44-16-14-42(53)58-44)51-33(5)25-39(63-11)26-34(51)6/h13-28,57,60H,1-12H3. The van der Waals surface area contributed by atoms with E-state index in [1.807, 2.05) is 0 Å². The predicted octanol–water partition coefficient (Wildman–Crippen LogP) is 13.8. The van der Waals surface area contributed by atoms with E-state index in [0.717, 1.165) is 157 Å². The van der Waals surface area contributed by atoms with Gasteiger partial charge < -0.3 is 28.9 Å². The molecule has 9 rings (SSSR count). The number of fused-ring (bicyclic) bond motifs is 8. The second kappa shape index (κ2) is 16.4. The molecule has 0 aliphatic carbocycles. The third-order valence-electron chi connectivity index (χ3n) is 12.7. The van der Waals surface area contributed by atoms with Gasteiger partial charge in [-0.25, -0.2) is 9.97 Å². The Morgan fingerprint density at radius 2 is 0.484 bits per heavy atom. The molecule has 0 atom stereocenters. The number of benzene rings is 4. The molecule has 3 aromatic heterocycles. The Bertz CT molecular complexity index is 2790. The van der Waals surface area contributed by atoms with Crippen molar-refractivity contribution in [3.05, 3.63) is 140 Å². The number of hydrogen-bond donors (Lipinski definition) is 2. The second-order valence-electron chi connectivity index (χ2n) is 17.0. The molecular formula is C56H54N4O4. The number of aromatic amines is 2. The lowest BCUT2D eigenvalue weighted by atomic mass is 9.94. The van der Waals surface area contributed by atoms with Crippen molar-refractivity contribution in [3.8, 4) is 67.5 Å². The first-order chi connectivity index (χ1) is 30.8. The summed E-state index contributed by atoms with van der Waals surface area (Å²) in [6.07, 6.45) is 8.61. The predicted molar refractivity (Wildman–Crippen MR) is 265 cm³/mol. The molecule has 0 fully saturated rings. The zero-order valence-electron chi connectivity index (χ0n) is 38.8. The maximum Gasteiger partial charge on any atom is 0.119 e. The number of H-pyrrole nitrogens is 2. The number of nitrogens with one attached hydrogen (secondary N) is 2. The molecule has 4 aromatic carbocycles. The fraction of sp³-hybridized carbons (Fsp3) is 0.214. The van der Waals surface area contributed by atoms with Crippen molar-refractivity contribution in [2.75, 3.05) is 28.4 Å². The molecule has 8 nitrogen and oxygen atoms in total. The van der Waals surface area contributed by atoms with Gasteiger partial charge in [0.1, 0.15) is 23.0 Å². The van der Waals surface area contributed by atoms with Gasteiger partial charge in [-0.3, -0.25) is 0 Å². The Labute approximate surface area is 375 Å². The van der Waals surface area contributed by atoms with Crippen molar-refractivity contribution in [3.63, 3.8) is 0 Å². The molecule has 8 bridgehead atoms. The molecule has 0 saturated carbocycles. The van der Waals surface area contributed by atoms with Crippen LogP contribution in [0.1, 0.15) is 67.3 Å². The minimum absolute atomic E-state index is 0.815. The number of hydrogen-bond acceptors (Lipinski definition) is 6. The highest BCUT2D eigenvalue weighted by Gasteiger charge is 2.24. The SMILES string of the molecule is COc1cc(C)c(-c2c3nc(c(-c4c(C)cc(OC)cc4C)c4ccc([nH]4)c(-c4c(C)cc(OC)cc4C)c4nc(c(-c5c(C)cc(OC)cc5C)c5ccc2[nH]5)C=C4)C=C3)c(C)c1. The summed E-state index contributed by atoms with van der Waals surface area (Å²) in [5.41, 5.74) is 24.2. The van der Waals surface area contributed by atoms with Gasteiger partial charge in [0.25, 0.3) is 0 Å². The molecule has 322 valence electrons. The van der Waals surface area contributed by atoms with Crippen LogP contribution in [-0.2, 0) is 0 Å². The lowest BCUT2D eigenvalue weighted by Crippen LogP contribution is -1.97. The third-order valence-corrected chi connectivity index (χ3v) is 12.7. The fourth-order valence-electron chi connectivity index (χ4n) is 10.0. The van der Waals surface area contributed by atoms with E-state index < -0.39 is 0 Å². The van der Waals surface area contributed by atoms with Crippen molar-refractivity contribution >= 4 is 46.4 Å². The van der Waals surface area contributed by atoms with Crippen LogP contribution < -0.4 is 18.9 Å². The largest absolute Gasteiger partial charge is 0.497 e. The zero-order valence-corrected chi connectivity index (χ0v) is 38.8. The zero-order chi connectivity index (χ0) is 45.1. The molecule has 0 spiro atoms. The van der Waals surface area contributed by atoms with Gasteiger partial charge in [-0.2, -0.15) is 0 Å². The highest BCUT2D eigenvalue weighted by molar-refractivity contribution is 6.02. The Hall–Kier alpha value is -7.32. The molecule has 2 aliphatic heterocycles. The fourth-order valence-corrected chi connectivity index (χ4v) is 10.0. The van der Waals surface area contributed by atoms with E-state index in [4.69, 9.17) is 28.9 Å². The number of methoxy groups -OCH3 is 4. The van der Waals surface area contributed by atoms with E-state index in [-0.39, 0.29) is 0 Å². The van der Waals surface area contributed by atoms with Crippen molar-refractivity contribution in [2.24, 2.45) is 0 Å². The van der Waals surface area contributed by atoms with E-state index in [1.54, 1.807) is 28.4 Å². The van der Waals surface area contributed by atoms with Crippen LogP contribution in [0.5, 0.6) is 23.0 Å². The minimum atomic E-state index is 0.815. The van der Waals surface area contributed by atoms with Gasteiger partial charge in [0.05, 0.1) is 51.2 Å². The van der Waals surface area contributed by atoms with E-state index in [9.17, 15) is 0 Å². The van der Waals surface area contributed by atoms with Gasteiger partial charge in [0.15, 0.2) is 0 Å². The molecule has 2 N–H and O–H groups in total. The Kier molecular flexibility index (Phi) is 10.8. The maximum atomic E-state index is 5.75. The molecule has 0 radical (unpaired) electrons. The van der Waals surface area contributed by atoms with E-state index in [0.29, 0.717) is 0 Å². The lowest BCUT2D eigenvalue weighted by molar-refractivity contribution is 0.414. The Balaban J connectivity index is 1.53. The van der Waals surface area contributed by atoms with Gasteiger partial charge in [0, 0.05) is 44.3 Å². The Morgan fingerprint density at radius 3 is 0.656 bits per heavy atom.